The summed E-state index contributed by atoms with van der Waals surface area (Å²) < 4.78 is 10.3. The molecule has 0 aliphatic carbocycles. The van der Waals surface area contributed by atoms with Gasteiger partial charge < -0.3 is 24.4 Å². The molecule has 182 valence electrons. The maximum absolute atomic E-state index is 13.0. The van der Waals surface area contributed by atoms with Crippen LogP contribution in [0.1, 0.15) is 34.6 Å². The number of aliphatic hydroxyl groups is 1. The van der Waals surface area contributed by atoms with Crippen molar-refractivity contribution in [3.8, 4) is 0 Å². The summed E-state index contributed by atoms with van der Waals surface area (Å²) in [5.74, 6) is -1.06. The van der Waals surface area contributed by atoms with Gasteiger partial charge in [-0.2, -0.15) is 0 Å². The van der Waals surface area contributed by atoms with Gasteiger partial charge in [-0.05, 0) is 27.7 Å². The van der Waals surface area contributed by atoms with Crippen molar-refractivity contribution in [1.29, 1.82) is 0 Å². The number of nitrogens with zero attached hydrogens (tertiary/aromatic N) is 3. The lowest BCUT2D eigenvalue weighted by Crippen LogP contribution is -2.63. The van der Waals surface area contributed by atoms with Crippen LogP contribution in [0.15, 0.2) is 15.6 Å². The molecular weight excluding hydrogens is 466 g/mol. The lowest BCUT2D eigenvalue weighted by molar-refractivity contribution is -0.175. The van der Waals surface area contributed by atoms with Gasteiger partial charge in [0, 0.05) is 34.9 Å². The number of carbonyl (C=O) groups is 3. The fourth-order valence-corrected chi connectivity index (χ4v) is 6.85. The lowest BCUT2D eigenvalue weighted by Gasteiger charge is -2.46. The Morgan fingerprint density at radius 2 is 2.00 bits per heavy atom. The Morgan fingerprint density at radius 1 is 1.30 bits per heavy atom. The summed E-state index contributed by atoms with van der Waals surface area (Å²) in [6, 6.07) is -0.273. The number of rotatable bonds is 6. The van der Waals surface area contributed by atoms with Crippen LogP contribution in [0.3, 0.4) is 0 Å². The summed E-state index contributed by atoms with van der Waals surface area (Å²) in [6.45, 7) is 10.7. The van der Waals surface area contributed by atoms with Gasteiger partial charge in [0.2, 0.25) is 12.7 Å². The summed E-state index contributed by atoms with van der Waals surface area (Å²) in [6.07, 6.45) is -0.799. The highest BCUT2D eigenvalue weighted by Gasteiger charge is 2.60. The summed E-state index contributed by atoms with van der Waals surface area (Å²) in [4.78, 5) is 46.8. The summed E-state index contributed by atoms with van der Waals surface area (Å²) in [5, 5.41) is 11.5. The van der Waals surface area contributed by atoms with E-state index in [1.54, 1.807) is 51.2 Å². The Bertz CT molecular complexity index is 906. The van der Waals surface area contributed by atoms with E-state index in [9.17, 15) is 19.5 Å². The van der Waals surface area contributed by atoms with Gasteiger partial charge in [-0.25, -0.2) is 4.79 Å². The van der Waals surface area contributed by atoms with Crippen LogP contribution in [0.4, 0.5) is 0 Å². The molecule has 4 aliphatic heterocycles. The Labute approximate surface area is 202 Å². The van der Waals surface area contributed by atoms with Gasteiger partial charge in [0.05, 0.1) is 30.0 Å². The third-order valence-corrected chi connectivity index (χ3v) is 8.76. The summed E-state index contributed by atoms with van der Waals surface area (Å²) >= 11 is 3.36. The van der Waals surface area contributed by atoms with Crippen LogP contribution in [0, 0.1) is 17.3 Å². The first-order valence-electron chi connectivity index (χ1n) is 11.2. The number of fused-ring (bicyclic) bond motifs is 1. The molecule has 0 radical (unpaired) electrons. The van der Waals surface area contributed by atoms with Gasteiger partial charge in [-0.15, -0.1) is 11.8 Å². The molecular formula is C22H31N3O6S2. The van der Waals surface area contributed by atoms with Crippen molar-refractivity contribution < 1.29 is 29.0 Å². The maximum atomic E-state index is 13.0. The van der Waals surface area contributed by atoms with Crippen molar-refractivity contribution in [1.82, 2.24) is 9.80 Å². The molecule has 0 bridgehead atoms. The second kappa shape index (κ2) is 9.14. The van der Waals surface area contributed by atoms with Crippen LogP contribution in [0.2, 0.25) is 0 Å². The first-order valence-corrected chi connectivity index (χ1v) is 13.1. The molecule has 4 aliphatic rings. The summed E-state index contributed by atoms with van der Waals surface area (Å²) in [5.41, 5.74) is -0.493. The predicted molar refractivity (Wildman–Crippen MR) is 126 cm³/mol. The minimum Gasteiger partial charge on any atom is -0.427 e. The first-order chi connectivity index (χ1) is 15.5. The smallest absolute Gasteiger partial charge is 0.358 e. The van der Waals surface area contributed by atoms with Crippen molar-refractivity contribution in [3.63, 3.8) is 0 Å². The Balaban J connectivity index is 1.47. The number of β-lactam (4-membered cyclic amide) rings is 1. The molecule has 11 heteroatoms. The van der Waals surface area contributed by atoms with Crippen molar-refractivity contribution in [3.05, 3.63) is 10.6 Å². The molecule has 4 rings (SSSR count). The Kier molecular flexibility index (Phi) is 6.76. The molecule has 4 atom stereocenters. The van der Waals surface area contributed by atoms with Crippen molar-refractivity contribution in [2.45, 2.75) is 52.0 Å². The molecule has 2 saturated heterocycles. The van der Waals surface area contributed by atoms with Crippen molar-refractivity contribution in [2.24, 2.45) is 22.2 Å². The number of ether oxygens (including phenoxy) is 2. The van der Waals surface area contributed by atoms with E-state index in [0.717, 1.165) is 35.5 Å². The summed E-state index contributed by atoms with van der Waals surface area (Å²) in [7, 11) is 0. The quantitative estimate of drug-likeness (QED) is 0.333. The third-order valence-electron chi connectivity index (χ3n) is 6.28. The number of thioether (sulfide) groups is 2. The van der Waals surface area contributed by atoms with E-state index >= 15 is 0 Å². The third kappa shape index (κ3) is 4.51. The first kappa shape index (κ1) is 24.4. The van der Waals surface area contributed by atoms with E-state index in [2.05, 4.69) is 9.89 Å². The van der Waals surface area contributed by atoms with E-state index in [-0.39, 0.29) is 28.8 Å². The second-order valence-electron chi connectivity index (χ2n) is 9.86. The number of aliphatic hydroxyl groups excluding tert-OH is 1. The zero-order valence-electron chi connectivity index (χ0n) is 19.6. The van der Waals surface area contributed by atoms with Gasteiger partial charge in [0.1, 0.15) is 5.70 Å². The van der Waals surface area contributed by atoms with Gasteiger partial charge in [0.15, 0.2) is 5.17 Å². The fourth-order valence-electron chi connectivity index (χ4n) is 4.45. The zero-order valence-corrected chi connectivity index (χ0v) is 21.2. The number of carbonyl (C=O) groups excluding carboxylic acids is 3. The molecule has 0 spiro atoms. The molecule has 9 nitrogen and oxygen atoms in total. The van der Waals surface area contributed by atoms with E-state index < -0.39 is 36.2 Å². The van der Waals surface area contributed by atoms with E-state index in [0.29, 0.717) is 0 Å². The SMILES string of the molecule is C[C@@H]1C(SC2CN(C3=NCCS3)C2)=C(C(=O)OCOC(=O)C(C)(C)C)N2C(=O)[C@H]([C@@H](C)O)[C@H]12. The second-order valence-corrected chi connectivity index (χ2v) is 12.3. The molecule has 0 aromatic rings. The number of likely N-dealkylation sites (tertiary alicyclic amines) is 1. The van der Waals surface area contributed by atoms with E-state index in [1.807, 2.05) is 6.92 Å². The largest absolute Gasteiger partial charge is 0.427 e. The van der Waals surface area contributed by atoms with Crippen LogP contribution in [-0.2, 0) is 23.9 Å². The van der Waals surface area contributed by atoms with Gasteiger partial charge in [-0.3, -0.25) is 14.6 Å². The Morgan fingerprint density at radius 3 is 2.58 bits per heavy atom. The predicted octanol–water partition coefficient (Wildman–Crippen LogP) is 1.67. The monoisotopic (exact) mass is 497 g/mol. The lowest BCUT2D eigenvalue weighted by atomic mass is 9.79. The van der Waals surface area contributed by atoms with E-state index in [1.165, 1.54) is 4.90 Å². The molecule has 1 amide bonds. The normalized spacial score (nSPS) is 28.2. The molecule has 2 fully saturated rings. The van der Waals surface area contributed by atoms with Crippen LogP contribution < -0.4 is 0 Å². The van der Waals surface area contributed by atoms with Gasteiger partial charge in [-0.1, -0.05) is 18.7 Å². The van der Waals surface area contributed by atoms with Crippen LogP contribution in [0.25, 0.3) is 0 Å². The van der Waals surface area contributed by atoms with Crippen LogP contribution >= 0.6 is 23.5 Å². The average molecular weight is 498 g/mol. The standard InChI is InChI=1S/C22H31N3O6S2/c1-11-15-14(12(2)26)18(27)25(15)16(19(28)30-10-31-20(29)22(3,4)5)17(11)33-13-8-24(9-13)21-23-6-7-32-21/h11-15,26H,6-10H2,1-5H3/t11-,12+,14+,15-/m0/s1. The minimum atomic E-state index is -0.799. The zero-order chi connectivity index (χ0) is 24.1. The maximum Gasteiger partial charge on any atom is 0.358 e. The van der Waals surface area contributed by atoms with Crippen LogP contribution in [-0.4, -0.2) is 87.5 Å². The molecule has 1 N–H and O–H groups in total. The molecule has 0 saturated carbocycles. The highest BCUT2D eigenvalue weighted by atomic mass is 32.2. The number of hydrogen-bond donors (Lipinski definition) is 1. The highest BCUT2D eigenvalue weighted by Crippen LogP contribution is 2.52. The minimum absolute atomic E-state index is 0.0979. The van der Waals surface area contributed by atoms with E-state index in [4.69, 9.17) is 9.47 Å². The number of aliphatic imine (C=N–C) groups is 1. The molecule has 0 unspecified atom stereocenters. The molecule has 0 aromatic heterocycles. The van der Waals surface area contributed by atoms with Gasteiger partial charge in [0.25, 0.3) is 0 Å². The number of amidine groups is 1. The molecule has 33 heavy (non-hydrogen) atoms. The topological polar surface area (TPSA) is 109 Å². The molecule has 4 heterocycles. The molecule has 0 aromatic carbocycles. The highest BCUT2D eigenvalue weighted by molar-refractivity contribution is 8.14. The average Bonchev–Trinajstić information content (AvgIpc) is 3.29. The number of esters is 2. The van der Waals surface area contributed by atoms with Crippen molar-refractivity contribution >= 4 is 46.5 Å². The number of hydrogen-bond acceptors (Lipinski definition) is 10. The van der Waals surface area contributed by atoms with Gasteiger partial charge >= 0.3 is 11.9 Å². The number of amides is 1. The fraction of sp³-hybridized carbons (Fsp3) is 0.727. The van der Waals surface area contributed by atoms with Crippen LogP contribution in [0.5, 0.6) is 0 Å². The Hall–Kier alpha value is -1.72. The van der Waals surface area contributed by atoms with Crippen molar-refractivity contribution in [2.75, 3.05) is 32.2 Å².